The van der Waals surface area contributed by atoms with Crippen molar-refractivity contribution in [2.75, 3.05) is 13.7 Å². The monoisotopic (exact) mass is 482 g/mol. The highest BCUT2D eigenvalue weighted by Gasteiger charge is 2.35. The summed E-state index contributed by atoms with van der Waals surface area (Å²) in [5.74, 6) is -0.840. The van der Waals surface area contributed by atoms with Gasteiger partial charge in [0.1, 0.15) is 10.0 Å². The number of ether oxygens (including phenoxy) is 1. The number of sulfonamides is 1. The van der Waals surface area contributed by atoms with Crippen LogP contribution in [0.2, 0.25) is 0 Å². The molecule has 1 aromatic heterocycles. The Hall–Kier alpha value is -2.30. The fourth-order valence-corrected chi connectivity index (χ4v) is 6.47. The minimum atomic E-state index is -4.04. The second-order valence-corrected chi connectivity index (χ2v) is 11.0. The van der Waals surface area contributed by atoms with Gasteiger partial charge in [0, 0.05) is 24.4 Å². The Morgan fingerprint density at radius 2 is 1.97 bits per heavy atom. The molecule has 1 aromatic carbocycles. The van der Waals surface area contributed by atoms with Gasteiger partial charge in [-0.3, -0.25) is 4.79 Å². The molecule has 174 valence electrons. The Morgan fingerprint density at radius 1 is 1.28 bits per heavy atom. The van der Waals surface area contributed by atoms with Gasteiger partial charge in [0.15, 0.2) is 0 Å². The molecule has 0 radical (unpaired) electrons. The van der Waals surface area contributed by atoms with Crippen molar-refractivity contribution in [3.05, 3.63) is 51.7 Å². The molecular formula is C22H27FN2O5S2. The minimum absolute atomic E-state index is 0.0249. The molecule has 1 N–H and O–H groups in total. The van der Waals surface area contributed by atoms with Crippen molar-refractivity contribution in [1.29, 1.82) is 0 Å². The number of benzene rings is 1. The molecular weight excluding hydrogens is 455 g/mol. The van der Waals surface area contributed by atoms with E-state index < -0.39 is 21.8 Å². The van der Waals surface area contributed by atoms with E-state index in [9.17, 15) is 22.4 Å². The highest BCUT2D eigenvalue weighted by Crippen LogP contribution is 2.37. The number of hydrogen-bond acceptors (Lipinski definition) is 6. The van der Waals surface area contributed by atoms with Crippen molar-refractivity contribution >= 4 is 33.2 Å². The van der Waals surface area contributed by atoms with Gasteiger partial charge in [0.2, 0.25) is 5.91 Å². The van der Waals surface area contributed by atoms with Crippen molar-refractivity contribution in [1.82, 2.24) is 9.62 Å². The van der Waals surface area contributed by atoms with Gasteiger partial charge in [0.05, 0.1) is 19.2 Å². The van der Waals surface area contributed by atoms with Crippen LogP contribution in [0.1, 0.15) is 53.1 Å². The maximum absolute atomic E-state index is 13.1. The van der Waals surface area contributed by atoms with Gasteiger partial charge >= 0.3 is 5.97 Å². The number of carbonyl (C=O) groups is 2. The van der Waals surface area contributed by atoms with Crippen molar-refractivity contribution in [2.45, 2.75) is 50.4 Å². The smallest absolute Gasteiger partial charge is 0.340 e. The molecule has 0 saturated carbocycles. The Kier molecular flexibility index (Phi) is 7.68. The molecule has 2 aromatic rings. The van der Waals surface area contributed by atoms with Crippen molar-refractivity contribution < 1.29 is 27.1 Å². The van der Waals surface area contributed by atoms with E-state index in [2.05, 4.69) is 4.72 Å². The van der Waals surface area contributed by atoms with Crippen LogP contribution in [0, 0.1) is 11.7 Å². The molecule has 0 bridgehead atoms. The van der Waals surface area contributed by atoms with E-state index in [-0.39, 0.29) is 34.7 Å². The maximum atomic E-state index is 13.1. The first-order valence-electron chi connectivity index (χ1n) is 10.4. The van der Waals surface area contributed by atoms with E-state index in [1.165, 1.54) is 31.4 Å². The van der Waals surface area contributed by atoms with Crippen LogP contribution >= 0.6 is 11.3 Å². The third kappa shape index (κ3) is 5.36. The Labute approximate surface area is 191 Å². The molecule has 1 aliphatic heterocycles. The summed E-state index contributed by atoms with van der Waals surface area (Å²) < 4.78 is 46.5. The molecule has 1 amide bonds. The zero-order chi connectivity index (χ0) is 23.5. The molecule has 32 heavy (non-hydrogen) atoms. The van der Waals surface area contributed by atoms with Crippen molar-refractivity contribution in [2.24, 2.45) is 5.92 Å². The van der Waals surface area contributed by atoms with Gasteiger partial charge in [0.25, 0.3) is 10.0 Å². The number of hydrogen-bond donors (Lipinski definition) is 1. The van der Waals surface area contributed by atoms with Crippen LogP contribution in [-0.2, 0) is 39.1 Å². The second-order valence-electron chi connectivity index (χ2n) is 7.89. The largest absolute Gasteiger partial charge is 0.465 e. The van der Waals surface area contributed by atoms with Crippen LogP contribution in [0.3, 0.4) is 0 Å². The molecule has 0 saturated heterocycles. The first-order valence-corrected chi connectivity index (χ1v) is 12.7. The summed E-state index contributed by atoms with van der Waals surface area (Å²) in [5.41, 5.74) is 1.24. The molecule has 7 nitrogen and oxygen atoms in total. The summed E-state index contributed by atoms with van der Waals surface area (Å²) in [4.78, 5) is 27.5. The topological polar surface area (TPSA) is 92.8 Å². The first-order chi connectivity index (χ1) is 15.2. The molecule has 2 heterocycles. The summed E-state index contributed by atoms with van der Waals surface area (Å²) in [7, 11) is -2.83. The molecule has 1 aliphatic rings. The van der Waals surface area contributed by atoms with E-state index in [1.807, 2.05) is 13.8 Å². The molecule has 10 heteroatoms. The summed E-state index contributed by atoms with van der Waals surface area (Å²) in [6.07, 6.45) is 1.72. The lowest BCUT2D eigenvalue weighted by atomic mass is 10.0. The van der Waals surface area contributed by atoms with Gasteiger partial charge in [-0.15, -0.1) is 11.3 Å². The van der Waals surface area contributed by atoms with Gasteiger partial charge in [-0.25, -0.2) is 22.3 Å². The lowest BCUT2D eigenvalue weighted by molar-refractivity contribution is -0.133. The van der Waals surface area contributed by atoms with Crippen LogP contribution in [0.4, 0.5) is 4.39 Å². The third-order valence-electron chi connectivity index (χ3n) is 5.61. The number of amides is 1. The minimum Gasteiger partial charge on any atom is -0.465 e. The predicted molar refractivity (Wildman–Crippen MR) is 119 cm³/mol. The maximum Gasteiger partial charge on any atom is 0.340 e. The Balaban J connectivity index is 1.87. The Bertz CT molecular complexity index is 1100. The normalized spacial score (nSPS) is 14.7. The van der Waals surface area contributed by atoms with Crippen LogP contribution in [-0.4, -0.2) is 38.8 Å². The Morgan fingerprint density at radius 3 is 2.59 bits per heavy atom. The van der Waals surface area contributed by atoms with Gasteiger partial charge in [-0.2, -0.15) is 0 Å². The van der Waals surface area contributed by atoms with Crippen LogP contribution in [0.5, 0.6) is 0 Å². The molecule has 0 fully saturated rings. The molecule has 1 atom stereocenters. The van der Waals surface area contributed by atoms with Crippen LogP contribution in [0.25, 0.3) is 0 Å². The van der Waals surface area contributed by atoms with Crippen LogP contribution < -0.4 is 4.72 Å². The van der Waals surface area contributed by atoms with E-state index in [0.29, 0.717) is 35.4 Å². The number of halogens is 1. The quantitative estimate of drug-likeness (QED) is 0.582. The van der Waals surface area contributed by atoms with E-state index >= 15 is 0 Å². The first kappa shape index (κ1) is 24.3. The summed E-state index contributed by atoms with van der Waals surface area (Å²) in [6.45, 7) is 4.69. The molecule has 0 aliphatic carbocycles. The number of thiophene rings is 1. The average molecular weight is 483 g/mol. The third-order valence-corrected chi connectivity index (χ3v) is 8.75. The number of esters is 1. The zero-order valence-electron chi connectivity index (χ0n) is 18.3. The standard InChI is InChI=1S/C22H27FN2O5S2/c1-4-14(2)11-19(26)25-10-9-17-18(13-25)31-22(20(17)21(27)30-3)32(28,29)24-12-15-5-7-16(23)8-6-15/h5-8,14,24H,4,9-13H2,1-3H3/t14-/m0/s1. The highest BCUT2D eigenvalue weighted by atomic mass is 32.2. The number of carbonyl (C=O) groups excluding carboxylic acids is 2. The molecule has 0 unspecified atom stereocenters. The number of nitrogens with one attached hydrogen (secondary N) is 1. The van der Waals surface area contributed by atoms with E-state index in [0.717, 1.165) is 17.8 Å². The highest BCUT2D eigenvalue weighted by molar-refractivity contribution is 7.91. The summed E-state index contributed by atoms with van der Waals surface area (Å²) in [6, 6.07) is 5.47. The van der Waals surface area contributed by atoms with E-state index in [4.69, 9.17) is 4.74 Å². The average Bonchev–Trinajstić information content (AvgIpc) is 3.18. The molecule has 3 rings (SSSR count). The number of fused-ring (bicyclic) bond motifs is 1. The zero-order valence-corrected chi connectivity index (χ0v) is 19.9. The lowest BCUT2D eigenvalue weighted by Crippen LogP contribution is -2.36. The molecule has 0 spiro atoms. The number of nitrogens with zero attached hydrogens (tertiary/aromatic N) is 1. The van der Waals surface area contributed by atoms with Crippen LogP contribution in [0.15, 0.2) is 28.5 Å². The SMILES string of the molecule is CC[C@H](C)CC(=O)N1CCc2c(sc(S(=O)(=O)NCc3ccc(F)cc3)c2C(=O)OC)C1. The number of rotatable bonds is 8. The second kappa shape index (κ2) is 10.1. The summed E-state index contributed by atoms with van der Waals surface area (Å²) in [5, 5.41) is 0. The summed E-state index contributed by atoms with van der Waals surface area (Å²) >= 11 is 0.991. The lowest BCUT2D eigenvalue weighted by Gasteiger charge is -2.28. The van der Waals surface area contributed by atoms with Gasteiger partial charge in [-0.1, -0.05) is 32.4 Å². The van der Waals surface area contributed by atoms with E-state index in [1.54, 1.807) is 4.90 Å². The predicted octanol–water partition coefficient (Wildman–Crippen LogP) is 3.47. The van der Waals surface area contributed by atoms with Crippen molar-refractivity contribution in [3.8, 4) is 0 Å². The fourth-order valence-electron chi connectivity index (χ4n) is 3.51. The van der Waals surface area contributed by atoms with Gasteiger partial charge < -0.3 is 9.64 Å². The fraction of sp³-hybridized carbons (Fsp3) is 0.455. The van der Waals surface area contributed by atoms with Gasteiger partial charge in [-0.05, 0) is 35.6 Å². The number of methoxy groups -OCH3 is 1. The van der Waals surface area contributed by atoms with Crippen molar-refractivity contribution in [3.63, 3.8) is 0 Å².